The Balaban J connectivity index is 1.60. The van der Waals surface area contributed by atoms with Crippen molar-refractivity contribution in [1.29, 1.82) is 0 Å². The first-order valence-electron chi connectivity index (χ1n) is 8.53. The van der Waals surface area contributed by atoms with Crippen molar-refractivity contribution < 1.29 is 23.9 Å². The molecule has 1 aliphatic heterocycles. The van der Waals surface area contributed by atoms with Crippen molar-refractivity contribution in [3.63, 3.8) is 0 Å². The second kappa shape index (κ2) is 7.82. The van der Waals surface area contributed by atoms with Gasteiger partial charge in [0.05, 0.1) is 23.3 Å². The summed E-state index contributed by atoms with van der Waals surface area (Å²) in [5.41, 5.74) is 1.47. The number of amides is 3. The molecule has 0 saturated heterocycles. The molecule has 0 unspecified atom stereocenters. The Morgan fingerprint density at radius 2 is 1.67 bits per heavy atom. The highest BCUT2D eigenvalue weighted by atomic mass is 16.5. The largest absolute Gasteiger partial charge is 0.462 e. The summed E-state index contributed by atoms with van der Waals surface area (Å²) in [5.74, 6) is -1.63. The number of esters is 1. The van der Waals surface area contributed by atoms with E-state index in [0.29, 0.717) is 22.4 Å². The number of nitrogens with one attached hydrogen (secondary N) is 1. The summed E-state index contributed by atoms with van der Waals surface area (Å²) in [6.45, 7) is 1.95. The molecule has 3 rings (SSSR count). The number of hydrogen-bond acceptors (Lipinski definition) is 5. The summed E-state index contributed by atoms with van der Waals surface area (Å²) >= 11 is 0. The first kappa shape index (κ1) is 18.3. The van der Waals surface area contributed by atoms with Crippen LogP contribution in [0, 0.1) is 0 Å². The second-order valence-electron chi connectivity index (χ2n) is 5.91. The van der Waals surface area contributed by atoms with Crippen LogP contribution in [0.25, 0.3) is 0 Å². The topological polar surface area (TPSA) is 92.8 Å². The molecule has 0 spiro atoms. The normalized spacial score (nSPS) is 12.7. The van der Waals surface area contributed by atoms with E-state index >= 15 is 0 Å². The van der Waals surface area contributed by atoms with Crippen LogP contribution in [-0.2, 0) is 9.53 Å². The molecule has 2 aromatic carbocycles. The summed E-state index contributed by atoms with van der Waals surface area (Å²) in [5, 5.41) is 2.66. The fourth-order valence-electron chi connectivity index (χ4n) is 2.82. The van der Waals surface area contributed by atoms with Gasteiger partial charge < -0.3 is 10.1 Å². The molecular formula is C20H18N2O5. The molecule has 0 radical (unpaired) electrons. The zero-order valence-electron chi connectivity index (χ0n) is 14.7. The molecule has 0 bridgehead atoms. The van der Waals surface area contributed by atoms with Crippen LogP contribution in [0.1, 0.15) is 44.4 Å². The van der Waals surface area contributed by atoms with E-state index in [1.165, 1.54) is 6.07 Å². The van der Waals surface area contributed by atoms with Crippen LogP contribution in [0.3, 0.4) is 0 Å². The van der Waals surface area contributed by atoms with Gasteiger partial charge in [0.2, 0.25) is 5.91 Å². The Labute approximate surface area is 155 Å². The fourth-order valence-corrected chi connectivity index (χ4v) is 2.82. The van der Waals surface area contributed by atoms with Gasteiger partial charge in [-0.1, -0.05) is 18.2 Å². The second-order valence-corrected chi connectivity index (χ2v) is 5.91. The average molecular weight is 366 g/mol. The Morgan fingerprint density at radius 1 is 1.00 bits per heavy atom. The number of carbonyl (C=O) groups is 4. The average Bonchev–Trinajstić information content (AvgIpc) is 2.91. The predicted octanol–water partition coefficient (Wildman–Crippen LogP) is 2.49. The van der Waals surface area contributed by atoms with Crippen molar-refractivity contribution in [1.82, 2.24) is 4.90 Å². The van der Waals surface area contributed by atoms with Crippen LogP contribution < -0.4 is 5.32 Å². The lowest BCUT2D eigenvalue weighted by atomic mass is 10.1. The number of hydrogen-bond donors (Lipinski definition) is 1. The van der Waals surface area contributed by atoms with E-state index in [-0.39, 0.29) is 25.5 Å². The number of fused-ring (bicyclic) bond motifs is 1. The highest BCUT2D eigenvalue weighted by Crippen LogP contribution is 2.22. The number of rotatable bonds is 6. The molecule has 3 amide bonds. The summed E-state index contributed by atoms with van der Waals surface area (Å²) in [4.78, 5) is 49.6. The quantitative estimate of drug-likeness (QED) is 0.626. The van der Waals surface area contributed by atoms with Gasteiger partial charge in [-0.15, -0.1) is 0 Å². The molecule has 1 N–H and O–H groups in total. The molecule has 7 nitrogen and oxygen atoms in total. The molecule has 0 atom stereocenters. The highest BCUT2D eigenvalue weighted by Gasteiger charge is 2.34. The van der Waals surface area contributed by atoms with E-state index in [0.717, 1.165) is 4.90 Å². The van der Waals surface area contributed by atoms with Crippen LogP contribution in [0.4, 0.5) is 5.69 Å². The Bertz CT molecular complexity index is 887. The van der Waals surface area contributed by atoms with Crippen LogP contribution in [0.2, 0.25) is 0 Å². The third kappa shape index (κ3) is 3.87. The third-order valence-electron chi connectivity index (χ3n) is 4.10. The minimum absolute atomic E-state index is 0.0181. The van der Waals surface area contributed by atoms with Gasteiger partial charge in [-0.05, 0) is 37.3 Å². The number of nitrogens with zero attached hydrogens (tertiary/aromatic N) is 1. The van der Waals surface area contributed by atoms with Crippen molar-refractivity contribution in [3.05, 3.63) is 65.2 Å². The first-order valence-corrected chi connectivity index (χ1v) is 8.53. The van der Waals surface area contributed by atoms with Crippen LogP contribution in [-0.4, -0.2) is 41.7 Å². The molecule has 138 valence electrons. The van der Waals surface area contributed by atoms with Gasteiger partial charge in [0, 0.05) is 18.7 Å². The molecule has 2 aromatic rings. The van der Waals surface area contributed by atoms with E-state index in [9.17, 15) is 19.2 Å². The van der Waals surface area contributed by atoms with Gasteiger partial charge in [-0.3, -0.25) is 19.3 Å². The molecule has 0 aliphatic carbocycles. The summed E-state index contributed by atoms with van der Waals surface area (Å²) < 4.78 is 4.92. The Hall–Kier alpha value is -3.48. The first-order chi connectivity index (χ1) is 13.0. The van der Waals surface area contributed by atoms with E-state index in [1.807, 2.05) is 0 Å². The maximum atomic E-state index is 12.3. The van der Waals surface area contributed by atoms with Crippen molar-refractivity contribution in [3.8, 4) is 0 Å². The predicted molar refractivity (Wildman–Crippen MR) is 97.5 cm³/mol. The minimum atomic E-state index is -0.473. The van der Waals surface area contributed by atoms with Crippen LogP contribution in [0.5, 0.6) is 0 Å². The number of benzene rings is 2. The molecule has 0 saturated carbocycles. The van der Waals surface area contributed by atoms with Crippen molar-refractivity contribution >= 4 is 29.4 Å². The van der Waals surface area contributed by atoms with Crippen molar-refractivity contribution in [2.45, 2.75) is 13.3 Å². The molecule has 1 heterocycles. The highest BCUT2D eigenvalue weighted by molar-refractivity contribution is 6.21. The Morgan fingerprint density at radius 3 is 2.30 bits per heavy atom. The Kier molecular flexibility index (Phi) is 5.30. The number of imide groups is 1. The van der Waals surface area contributed by atoms with E-state index in [4.69, 9.17) is 4.74 Å². The maximum Gasteiger partial charge on any atom is 0.338 e. The number of ether oxygens (including phenoxy) is 1. The van der Waals surface area contributed by atoms with Gasteiger partial charge in [0.1, 0.15) is 0 Å². The minimum Gasteiger partial charge on any atom is -0.462 e. The van der Waals surface area contributed by atoms with Gasteiger partial charge in [0.25, 0.3) is 11.8 Å². The fraction of sp³-hybridized carbons (Fsp3) is 0.200. The maximum absolute atomic E-state index is 12.3. The summed E-state index contributed by atoms with van der Waals surface area (Å²) in [6, 6.07) is 12.9. The monoisotopic (exact) mass is 366 g/mol. The summed E-state index contributed by atoms with van der Waals surface area (Å²) in [6.07, 6.45) is -0.0465. The SMILES string of the molecule is CCOC(=O)c1cccc(NC(=O)CCN2C(=O)c3ccccc3C2=O)c1. The zero-order chi connectivity index (χ0) is 19.4. The standard InChI is InChI=1S/C20H18N2O5/c1-2-27-20(26)13-6-5-7-14(12-13)21-17(23)10-11-22-18(24)15-8-3-4-9-16(15)19(22)25/h3-9,12H,2,10-11H2,1H3,(H,21,23). The molecule has 1 aliphatic rings. The van der Waals surface area contributed by atoms with Gasteiger partial charge in [-0.2, -0.15) is 0 Å². The van der Waals surface area contributed by atoms with Crippen molar-refractivity contribution in [2.75, 3.05) is 18.5 Å². The van der Waals surface area contributed by atoms with E-state index in [1.54, 1.807) is 49.4 Å². The van der Waals surface area contributed by atoms with E-state index in [2.05, 4.69) is 5.32 Å². The lowest BCUT2D eigenvalue weighted by Crippen LogP contribution is -2.32. The van der Waals surface area contributed by atoms with Gasteiger partial charge in [0.15, 0.2) is 0 Å². The van der Waals surface area contributed by atoms with Gasteiger partial charge >= 0.3 is 5.97 Å². The van der Waals surface area contributed by atoms with Crippen molar-refractivity contribution in [2.24, 2.45) is 0 Å². The zero-order valence-corrected chi connectivity index (χ0v) is 14.7. The van der Waals surface area contributed by atoms with Gasteiger partial charge in [-0.25, -0.2) is 4.79 Å². The molecule has 7 heteroatoms. The lowest BCUT2D eigenvalue weighted by Gasteiger charge is -2.13. The van der Waals surface area contributed by atoms with Crippen LogP contribution >= 0.6 is 0 Å². The molecule has 0 aromatic heterocycles. The van der Waals surface area contributed by atoms with Crippen LogP contribution in [0.15, 0.2) is 48.5 Å². The molecular weight excluding hydrogens is 348 g/mol. The van der Waals surface area contributed by atoms with E-state index < -0.39 is 17.8 Å². The smallest absolute Gasteiger partial charge is 0.338 e. The summed E-state index contributed by atoms with van der Waals surface area (Å²) in [7, 11) is 0. The number of anilines is 1. The number of carbonyl (C=O) groups excluding carboxylic acids is 4. The molecule has 27 heavy (non-hydrogen) atoms. The third-order valence-corrected chi connectivity index (χ3v) is 4.10. The lowest BCUT2D eigenvalue weighted by molar-refractivity contribution is -0.116. The molecule has 0 fully saturated rings.